The van der Waals surface area contributed by atoms with E-state index in [1.807, 2.05) is 49.4 Å². The van der Waals surface area contributed by atoms with Gasteiger partial charge in [0.1, 0.15) is 12.4 Å². The van der Waals surface area contributed by atoms with Crippen molar-refractivity contribution in [2.75, 3.05) is 13.2 Å². The first-order chi connectivity index (χ1) is 17.7. The van der Waals surface area contributed by atoms with Crippen molar-refractivity contribution in [2.45, 2.75) is 26.6 Å². The second-order valence-electron chi connectivity index (χ2n) is 8.67. The zero-order chi connectivity index (χ0) is 25.0. The normalized spacial score (nSPS) is 10.5. The van der Waals surface area contributed by atoms with Gasteiger partial charge in [-0.3, -0.25) is 0 Å². The molecule has 4 aromatic carbocycles. The van der Waals surface area contributed by atoms with E-state index < -0.39 is 0 Å². The van der Waals surface area contributed by atoms with Crippen molar-refractivity contribution in [1.29, 1.82) is 0 Å². The largest absolute Gasteiger partial charge is 0.492 e. The predicted octanol–water partition coefficient (Wildman–Crippen LogP) is 6.51. The van der Waals surface area contributed by atoms with Gasteiger partial charge in [-0.15, -0.1) is 0 Å². The van der Waals surface area contributed by atoms with Crippen LogP contribution in [0.3, 0.4) is 0 Å². The van der Waals surface area contributed by atoms with Crippen LogP contribution in [0.1, 0.15) is 33.4 Å². The van der Waals surface area contributed by atoms with Gasteiger partial charge in [-0.25, -0.2) is 0 Å². The van der Waals surface area contributed by atoms with Crippen LogP contribution in [0.15, 0.2) is 97.1 Å². The number of nitrogens with one attached hydrogen (secondary N) is 2. The summed E-state index contributed by atoms with van der Waals surface area (Å²) in [5.41, 5.74) is 6.84. The Balaban J connectivity index is 1.15. The summed E-state index contributed by atoms with van der Waals surface area (Å²) in [5, 5.41) is 7.67. The van der Waals surface area contributed by atoms with Crippen molar-refractivity contribution < 1.29 is 4.74 Å². The molecule has 0 radical (unpaired) electrons. The van der Waals surface area contributed by atoms with Crippen molar-refractivity contribution >= 4 is 11.6 Å². The van der Waals surface area contributed by atoms with Crippen LogP contribution in [0.5, 0.6) is 5.75 Å². The molecule has 0 heterocycles. The minimum absolute atomic E-state index is 0.609. The van der Waals surface area contributed by atoms with Crippen LogP contribution in [0.2, 0.25) is 5.02 Å². The van der Waals surface area contributed by atoms with E-state index in [1.165, 1.54) is 16.7 Å². The molecule has 0 aliphatic heterocycles. The van der Waals surface area contributed by atoms with Crippen LogP contribution in [-0.2, 0) is 19.6 Å². The molecule has 36 heavy (non-hydrogen) atoms. The lowest BCUT2D eigenvalue weighted by atomic mass is 10.1. The maximum Gasteiger partial charge on any atom is 0.122 e. The van der Waals surface area contributed by atoms with E-state index in [1.54, 1.807) is 0 Å². The summed E-state index contributed by atoms with van der Waals surface area (Å²) >= 11 is 5.93. The predicted molar refractivity (Wildman–Crippen MR) is 149 cm³/mol. The number of rotatable bonds is 10. The lowest BCUT2D eigenvalue weighted by Crippen LogP contribution is -2.20. The Morgan fingerprint density at radius 3 is 1.92 bits per heavy atom. The molecule has 0 aromatic heterocycles. The monoisotopic (exact) mass is 494 g/mol. The second kappa shape index (κ2) is 13.5. The van der Waals surface area contributed by atoms with Gasteiger partial charge in [0.05, 0.1) is 0 Å². The molecule has 182 valence electrons. The standard InChI is InChI=1S/C32H31ClN2O/c1-25-21-27(8-7-26-13-16-31(33)17-14-26)15-18-32(25)36-20-19-34-22-29-9-11-30(12-10-29)24-35-23-28-5-3-2-4-6-28/h2-6,9-18,21,34-35H,19-20,22-24H2,1H3. The fourth-order valence-electron chi connectivity index (χ4n) is 3.75. The summed E-state index contributed by atoms with van der Waals surface area (Å²) in [4.78, 5) is 0. The van der Waals surface area contributed by atoms with Crippen molar-refractivity contribution in [3.8, 4) is 17.6 Å². The van der Waals surface area contributed by atoms with Crippen molar-refractivity contribution in [3.63, 3.8) is 0 Å². The van der Waals surface area contributed by atoms with E-state index in [9.17, 15) is 0 Å². The maximum atomic E-state index is 5.97. The molecule has 0 amide bonds. The summed E-state index contributed by atoms with van der Waals surface area (Å²) in [6.45, 7) is 5.99. The Morgan fingerprint density at radius 2 is 1.25 bits per heavy atom. The fraction of sp³-hybridized carbons (Fsp3) is 0.188. The molecule has 0 atom stereocenters. The van der Waals surface area contributed by atoms with Gasteiger partial charge in [0, 0.05) is 42.3 Å². The number of hydrogen-bond acceptors (Lipinski definition) is 3. The van der Waals surface area contributed by atoms with Crippen LogP contribution >= 0.6 is 11.6 Å². The number of aryl methyl sites for hydroxylation is 1. The van der Waals surface area contributed by atoms with E-state index in [4.69, 9.17) is 16.3 Å². The average Bonchev–Trinajstić information content (AvgIpc) is 2.90. The summed E-state index contributed by atoms with van der Waals surface area (Å²) in [6.07, 6.45) is 0. The van der Waals surface area contributed by atoms with E-state index in [-0.39, 0.29) is 0 Å². The highest BCUT2D eigenvalue weighted by Gasteiger charge is 2.01. The first-order valence-corrected chi connectivity index (χ1v) is 12.6. The van der Waals surface area contributed by atoms with E-state index >= 15 is 0 Å². The summed E-state index contributed by atoms with van der Waals surface area (Å²) < 4.78 is 5.97. The van der Waals surface area contributed by atoms with Gasteiger partial charge < -0.3 is 15.4 Å². The average molecular weight is 495 g/mol. The SMILES string of the molecule is Cc1cc(C#Cc2ccc(Cl)cc2)ccc1OCCNCc1ccc(CNCc2ccccc2)cc1. The third-order valence-corrected chi connectivity index (χ3v) is 6.01. The van der Waals surface area contributed by atoms with E-state index in [0.29, 0.717) is 11.6 Å². The number of benzene rings is 4. The second-order valence-corrected chi connectivity index (χ2v) is 9.10. The minimum atomic E-state index is 0.609. The van der Waals surface area contributed by atoms with E-state index in [2.05, 4.69) is 77.1 Å². The quantitative estimate of drug-likeness (QED) is 0.195. The third kappa shape index (κ3) is 8.29. The maximum absolute atomic E-state index is 5.97. The Labute approximate surface area is 219 Å². The Morgan fingerprint density at radius 1 is 0.667 bits per heavy atom. The van der Waals surface area contributed by atoms with Gasteiger partial charge >= 0.3 is 0 Å². The topological polar surface area (TPSA) is 33.3 Å². The molecule has 4 rings (SSSR count). The lowest BCUT2D eigenvalue weighted by molar-refractivity contribution is 0.311. The molecule has 0 spiro atoms. The highest BCUT2D eigenvalue weighted by Crippen LogP contribution is 2.19. The van der Waals surface area contributed by atoms with Gasteiger partial charge in [-0.1, -0.05) is 78.0 Å². The molecule has 0 aliphatic carbocycles. The molecule has 4 heteroatoms. The molecule has 3 nitrogen and oxygen atoms in total. The van der Waals surface area contributed by atoms with Crippen LogP contribution in [0, 0.1) is 18.8 Å². The van der Waals surface area contributed by atoms with Crippen molar-refractivity contribution in [3.05, 3.63) is 135 Å². The molecule has 0 saturated heterocycles. The highest BCUT2D eigenvalue weighted by atomic mass is 35.5. The molecule has 0 aliphatic rings. The van der Waals surface area contributed by atoms with Gasteiger partial charge in [0.25, 0.3) is 0 Å². The Kier molecular flexibility index (Phi) is 9.59. The smallest absolute Gasteiger partial charge is 0.122 e. The van der Waals surface area contributed by atoms with Crippen LogP contribution in [-0.4, -0.2) is 13.2 Å². The molecule has 0 fully saturated rings. The number of hydrogen-bond donors (Lipinski definition) is 2. The molecule has 0 bridgehead atoms. The van der Waals surface area contributed by atoms with Crippen LogP contribution < -0.4 is 15.4 Å². The molecular formula is C32H31ClN2O. The van der Waals surface area contributed by atoms with Crippen LogP contribution in [0.4, 0.5) is 0 Å². The van der Waals surface area contributed by atoms with Crippen LogP contribution in [0.25, 0.3) is 0 Å². The minimum Gasteiger partial charge on any atom is -0.492 e. The molecular weight excluding hydrogens is 464 g/mol. The number of halogens is 1. The van der Waals surface area contributed by atoms with E-state index in [0.717, 1.165) is 48.6 Å². The Bertz CT molecular complexity index is 1290. The first kappa shape index (κ1) is 25.5. The highest BCUT2D eigenvalue weighted by molar-refractivity contribution is 6.30. The molecule has 0 saturated carbocycles. The summed E-state index contributed by atoms with van der Waals surface area (Å²) in [5.74, 6) is 7.26. The number of ether oxygens (including phenoxy) is 1. The third-order valence-electron chi connectivity index (χ3n) is 5.76. The lowest BCUT2D eigenvalue weighted by Gasteiger charge is -2.11. The summed E-state index contributed by atoms with van der Waals surface area (Å²) in [6, 6.07) is 32.8. The zero-order valence-corrected chi connectivity index (χ0v) is 21.3. The fourth-order valence-corrected chi connectivity index (χ4v) is 3.88. The van der Waals surface area contributed by atoms with Crippen molar-refractivity contribution in [2.24, 2.45) is 0 Å². The zero-order valence-electron chi connectivity index (χ0n) is 20.6. The summed E-state index contributed by atoms with van der Waals surface area (Å²) in [7, 11) is 0. The molecule has 0 unspecified atom stereocenters. The van der Waals surface area contributed by atoms with Gasteiger partial charge in [-0.2, -0.15) is 0 Å². The molecule has 4 aromatic rings. The Hall–Kier alpha value is -3.55. The first-order valence-electron chi connectivity index (χ1n) is 12.2. The van der Waals surface area contributed by atoms with Gasteiger partial charge in [0.15, 0.2) is 0 Å². The van der Waals surface area contributed by atoms with Gasteiger partial charge in [-0.05, 0) is 71.6 Å². The molecule has 2 N–H and O–H groups in total. The van der Waals surface area contributed by atoms with Crippen molar-refractivity contribution in [1.82, 2.24) is 10.6 Å². The van der Waals surface area contributed by atoms with Gasteiger partial charge in [0.2, 0.25) is 0 Å².